The topological polar surface area (TPSA) is 20.7 Å². The van der Waals surface area contributed by atoms with Crippen molar-refractivity contribution in [1.29, 1.82) is 0 Å². The zero-order valence-corrected chi connectivity index (χ0v) is 12.7. The van der Waals surface area contributed by atoms with Gasteiger partial charge in [0, 0.05) is 23.9 Å². The summed E-state index contributed by atoms with van der Waals surface area (Å²) in [5, 5.41) is 0. The zero-order chi connectivity index (χ0) is 13.1. The van der Waals surface area contributed by atoms with Gasteiger partial charge in [-0.25, -0.2) is 0 Å². The third kappa shape index (κ3) is 4.30. The molecular formula is C14H26N2S. The molecule has 0 aliphatic heterocycles. The van der Waals surface area contributed by atoms with Crippen LogP contribution in [0.2, 0.25) is 0 Å². The summed E-state index contributed by atoms with van der Waals surface area (Å²) in [5.41, 5.74) is 1.47. The van der Waals surface area contributed by atoms with Crippen LogP contribution in [0.4, 0.5) is 0 Å². The first-order valence-electron chi connectivity index (χ1n) is 6.61. The van der Waals surface area contributed by atoms with Crippen molar-refractivity contribution >= 4 is 12.2 Å². The van der Waals surface area contributed by atoms with E-state index >= 15 is 0 Å². The van der Waals surface area contributed by atoms with Gasteiger partial charge in [0.05, 0.1) is 0 Å². The third-order valence-corrected chi connectivity index (χ3v) is 3.39. The molecule has 0 fully saturated rings. The summed E-state index contributed by atoms with van der Waals surface area (Å²) < 4.78 is 3.12. The Kier molecular flexibility index (Phi) is 4.99. The Morgan fingerprint density at radius 2 is 1.94 bits per heavy atom. The molecule has 3 heteroatoms. The number of imidazole rings is 1. The van der Waals surface area contributed by atoms with E-state index in [4.69, 9.17) is 12.2 Å². The second-order valence-electron chi connectivity index (χ2n) is 6.27. The summed E-state index contributed by atoms with van der Waals surface area (Å²) in [5.74, 6) is 0.802. The first kappa shape index (κ1) is 14.5. The monoisotopic (exact) mass is 254 g/mol. The van der Waals surface area contributed by atoms with Gasteiger partial charge in [0.15, 0.2) is 4.77 Å². The fraction of sp³-hybridized carbons (Fsp3) is 0.786. The molecule has 98 valence electrons. The van der Waals surface area contributed by atoms with E-state index in [2.05, 4.69) is 50.4 Å². The van der Waals surface area contributed by atoms with Crippen LogP contribution < -0.4 is 0 Å². The Labute approximate surface area is 110 Å². The number of hydrogen-bond acceptors (Lipinski definition) is 1. The van der Waals surface area contributed by atoms with E-state index in [1.54, 1.807) is 0 Å². The highest BCUT2D eigenvalue weighted by molar-refractivity contribution is 7.71. The average molecular weight is 254 g/mol. The van der Waals surface area contributed by atoms with E-state index in [1.807, 2.05) is 0 Å². The third-order valence-electron chi connectivity index (χ3n) is 3.05. The number of hydrogen-bond donors (Lipinski definition) is 1. The highest BCUT2D eigenvalue weighted by atomic mass is 32.1. The quantitative estimate of drug-likeness (QED) is 0.598. The fourth-order valence-corrected chi connectivity index (χ4v) is 2.31. The van der Waals surface area contributed by atoms with Gasteiger partial charge in [-0.3, -0.25) is 0 Å². The molecule has 0 aromatic carbocycles. The van der Waals surface area contributed by atoms with Crippen LogP contribution in [-0.2, 0) is 12.0 Å². The van der Waals surface area contributed by atoms with Crippen LogP contribution in [0.5, 0.6) is 0 Å². The molecule has 0 amide bonds. The summed E-state index contributed by atoms with van der Waals surface area (Å²) >= 11 is 5.35. The lowest BCUT2D eigenvalue weighted by Crippen LogP contribution is -2.17. The molecule has 0 saturated carbocycles. The predicted molar refractivity (Wildman–Crippen MR) is 77.0 cm³/mol. The number of unbranched alkanes of at least 4 members (excludes halogenated alkanes) is 1. The van der Waals surface area contributed by atoms with Gasteiger partial charge in [-0.15, -0.1) is 0 Å². The van der Waals surface area contributed by atoms with Gasteiger partial charge in [0.1, 0.15) is 0 Å². The molecule has 0 radical (unpaired) electrons. The molecule has 17 heavy (non-hydrogen) atoms. The lowest BCUT2D eigenvalue weighted by molar-refractivity contribution is 0.473. The van der Waals surface area contributed by atoms with Crippen LogP contribution in [0.15, 0.2) is 6.20 Å². The normalized spacial score (nSPS) is 12.4. The van der Waals surface area contributed by atoms with E-state index in [1.165, 1.54) is 25.0 Å². The van der Waals surface area contributed by atoms with Crippen molar-refractivity contribution in [3.05, 3.63) is 16.7 Å². The molecule has 0 aliphatic rings. The molecule has 2 nitrogen and oxygen atoms in total. The largest absolute Gasteiger partial charge is 0.337 e. The zero-order valence-electron chi connectivity index (χ0n) is 11.8. The standard InChI is InChI=1S/C14H26N2S/c1-11(2)8-6-7-9-16-12(14(3,4)5)10-15-13(16)17/h10-11H,6-9H2,1-5H3,(H,15,17). The molecule has 1 aromatic heterocycles. The number of nitrogens with zero attached hydrogens (tertiary/aromatic N) is 1. The van der Waals surface area contributed by atoms with E-state index in [0.29, 0.717) is 0 Å². The lowest BCUT2D eigenvalue weighted by Gasteiger charge is -2.20. The molecule has 0 bridgehead atoms. The maximum Gasteiger partial charge on any atom is 0.177 e. The van der Waals surface area contributed by atoms with Crippen LogP contribution in [0.25, 0.3) is 0 Å². The number of aromatic nitrogens is 2. The van der Waals surface area contributed by atoms with E-state index < -0.39 is 0 Å². The summed E-state index contributed by atoms with van der Waals surface area (Å²) in [6.45, 7) is 12.3. The van der Waals surface area contributed by atoms with Crippen LogP contribution in [0.3, 0.4) is 0 Å². The van der Waals surface area contributed by atoms with Crippen molar-refractivity contribution < 1.29 is 0 Å². The van der Waals surface area contributed by atoms with Gasteiger partial charge in [-0.05, 0) is 24.6 Å². The average Bonchev–Trinajstić information content (AvgIpc) is 2.54. The number of rotatable bonds is 5. The van der Waals surface area contributed by atoms with Crippen LogP contribution in [-0.4, -0.2) is 9.55 Å². The summed E-state index contributed by atoms with van der Waals surface area (Å²) in [7, 11) is 0. The Morgan fingerprint density at radius 3 is 2.47 bits per heavy atom. The molecular weight excluding hydrogens is 228 g/mol. The number of nitrogens with one attached hydrogen (secondary N) is 1. The van der Waals surface area contributed by atoms with Crippen molar-refractivity contribution in [3.8, 4) is 0 Å². The van der Waals surface area contributed by atoms with Gasteiger partial charge in [0.2, 0.25) is 0 Å². The SMILES string of the molecule is CC(C)CCCCn1c(C(C)(C)C)c[nH]c1=S. The highest BCUT2D eigenvalue weighted by Crippen LogP contribution is 2.22. The second kappa shape index (κ2) is 5.85. The van der Waals surface area contributed by atoms with E-state index in [0.717, 1.165) is 17.2 Å². The molecule has 0 spiro atoms. The highest BCUT2D eigenvalue weighted by Gasteiger charge is 2.18. The molecule has 0 saturated heterocycles. The van der Waals surface area contributed by atoms with Gasteiger partial charge in [-0.1, -0.05) is 47.5 Å². The molecule has 1 N–H and O–H groups in total. The minimum atomic E-state index is 0.158. The molecule has 0 atom stereocenters. The minimum absolute atomic E-state index is 0.158. The Bertz CT molecular complexity index is 393. The van der Waals surface area contributed by atoms with Crippen LogP contribution >= 0.6 is 12.2 Å². The minimum Gasteiger partial charge on any atom is -0.337 e. The maximum atomic E-state index is 5.35. The summed E-state index contributed by atoms with van der Waals surface area (Å²) in [6.07, 6.45) is 5.87. The smallest absolute Gasteiger partial charge is 0.177 e. The molecule has 1 heterocycles. The first-order chi connectivity index (χ1) is 7.82. The Morgan fingerprint density at radius 1 is 1.29 bits per heavy atom. The maximum absolute atomic E-state index is 5.35. The number of H-pyrrole nitrogens is 1. The molecule has 1 rings (SSSR count). The molecule has 0 aliphatic carbocycles. The Balaban J connectivity index is 2.65. The van der Waals surface area contributed by atoms with E-state index in [-0.39, 0.29) is 5.41 Å². The summed E-state index contributed by atoms with van der Waals surface area (Å²) in [4.78, 5) is 3.17. The first-order valence-corrected chi connectivity index (χ1v) is 7.02. The molecule has 0 unspecified atom stereocenters. The van der Waals surface area contributed by atoms with Gasteiger partial charge < -0.3 is 9.55 Å². The van der Waals surface area contributed by atoms with E-state index in [9.17, 15) is 0 Å². The van der Waals surface area contributed by atoms with Crippen molar-refractivity contribution in [1.82, 2.24) is 9.55 Å². The van der Waals surface area contributed by atoms with Crippen LogP contribution in [0, 0.1) is 10.7 Å². The predicted octanol–water partition coefficient (Wildman–Crippen LogP) is 4.67. The van der Waals surface area contributed by atoms with Gasteiger partial charge in [0.25, 0.3) is 0 Å². The second-order valence-corrected chi connectivity index (χ2v) is 6.66. The van der Waals surface area contributed by atoms with Crippen molar-refractivity contribution in [2.24, 2.45) is 5.92 Å². The van der Waals surface area contributed by atoms with Crippen molar-refractivity contribution in [3.63, 3.8) is 0 Å². The van der Waals surface area contributed by atoms with Crippen molar-refractivity contribution in [2.45, 2.75) is 65.8 Å². The Hall–Kier alpha value is -0.570. The van der Waals surface area contributed by atoms with Crippen molar-refractivity contribution in [2.75, 3.05) is 0 Å². The molecule has 1 aromatic rings. The fourth-order valence-electron chi connectivity index (χ4n) is 2.06. The number of aromatic amines is 1. The van der Waals surface area contributed by atoms with Crippen LogP contribution in [0.1, 0.15) is 59.6 Å². The lowest BCUT2D eigenvalue weighted by atomic mass is 9.92. The van der Waals surface area contributed by atoms with Gasteiger partial charge in [-0.2, -0.15) is 0 Å². The summed E-state index contributed by atoms with van der Waals surface area (Å²) in [6, 6.07) is 0. The van der Waals surface area contributed by atoms with Gasteiger partial charge >= 0.3 is 0 Å².